The highest BCUT2D eigenvalue weighted by atomic mass is 32.1. The zero-order valence-electron chi connectivity index (χ0n) is 11.2. The minimum absolute atomic E-state index is 0.382. The highest BCUT2D eigenvalue weighted by Crippen LogP contribution is 2.21. The molecular formula is C17H16O2S. The van der Waals surface area contributed by atoms with Crippen molar-refractivity contribution >= 4 is 23.3 Å². The van der Waals surface area contributed by atoms with E-state index in [9.17, 15) is 5.11 Å². The zero-order chi connectivity index (χ0) is 14.4. The van der Waals surface area contributed by atoms with Crippen molar-refractivity contribution in [2.75, 3.05) is 7.11 Å². The van der Waals surface area contributed by atoms with Crippen LogP contribution in [0.5, 0.6) is 0 Å². The molecule has 1 atom stereocenters. The fraction of sp³-hybridized carbons (Fsp3) is 0.118. The van der Waals surface area contributed by atoms with Gasteiger partial charge in [-0.05, 0) is 29.4 Å². The summed E-state index contributed by atoms with van der Waals surface area (Å²) in [5.74, 6) is 0. The standard InChI is InChI=1S/C17H16O2S/c1-19-17(20)15-10-6-5-9-14(15)16(18)12-11-13-7-3-2-4-8-13/h2-12,16,18H,1H3/b12-11+. The van der Waals surface area contributed by atoms with Crippen LogP contribution >= 0.6 is 12.2 Å². The van der Waals surface area contributed by atoms with Crippen LogP contribution in [0.4, 0.5) is 0 Å². The summed E-state index contributed by atoms with van der Waals surface area (Å²) in [6, 6.07) is 17.3. The van der Waals surface area contributed by atoms with Crippen molar-refractivity contribution in [1.82, 2.24) is 0 Å². The van der Waals surface area contributed by atoms with Crippen molar-refractivity contribution < 1.29 is 9.84 Å². The predicted molar refractivity (Wildman–Crippen MR) is 85.6 cm³/mol. The first kappa shape index (κ1) is 14.4. The van der Waals surface area contributed by atoms with Gasteiger partial charge < -0.3 is 9.84 Å². The third-order valence-electron chi connectivity index (χ3n) is 2.96. The van der Waals surface area contributed by atoms with Gasteiger partial charge in [-0.2, -0.15) is 0 Å². The second-order valence-electron chi connectivity index (χ2n) is 4.29. The molecule has 0 bridgehead atoms. The normalized spacial score (nSPS) is 12.3. The summed E-state index contributed by atoms with van der Waals surface area (Å²) in [4.78, 5) is 0. The number of hydrogen-bond donors (Lipinski definition) is 1. The second-order valence-corrected chi connectivity index (χ2v) is 4.66. The van der Waals surface area contributed by atoms with Crippen molar-refractivity contribution in [1.29, 1.82) is 0 Å². The molecule has 0 aliphatic carbocycles. The highest BCUT2D eigenvalue weighted by molar-refractivity contribution is 7.80. The van der Waals surface area contributed by atoms with E-state index < -0.39 is 6.10 Å². The van der Waals surface area contributed by atoms with Gasteiger partial charge in [0.25, 0.3) is 0 Å². The average Bonchev–Trinajstić information content (AvgIpc) is 2.52. The number of benzene rings is 2. The van der Waals surface area contributed by atoms with Gasteiger partial charge in [0.05, 0.1) is 13.2 Å². The van der Waals surface area contributed by atoms with Gasteiger partial charge in [0.1, 0.15) is 0 Å². The van der Waals surface area contributed by atoms with Crippen molar-refractivity contribution in [3.05, 3.63) is 77.4 Å². The van der Waals surface area contributed by atoms with Crippen molar-refractivity contribution in [2.24, 2.45) is 0 Å². The fourth-order valence-electron chi connectivity index (χ4n) is 1.92. The van der Waals surface area contributed by atoms with Crippen LogP contribution < -0.4 is 0 Å². The zero-order valence-corrected chi connectivity index (χ0v) is 12.0. The van der Waals surface area contributed by atoms with E-state index in [1.165, 1.54) is 7.11 Å². The van der Waals surface area contributed by atoms with Gasteiger partial charge in [0.15, 0.2) is 5.05 Å². The largest absolute Gasteiger partial charge is 0.486 e. The molecule has 0 spiro atoms. The minimum Gasteiger partial charge on any atom is -0.486 e. The number of aliphatic hydroxyl groups excluding tert-OH is 1. The Hall–Kier alpha value is -1.97. The van der Waals surface area contributed by atoms with Crippen LogP contribution in [0.1, 0.15) is 22.8 Å². The number of hydrogen-bond acceptors (Lipinski definition) is 3. The molecule has 0 aliphatic rings. The number of ether oxygens (including phenoxy) is 1. The van der Waals surface area contributed by atoms with Gasteiger partial charge in [0.2, 0.25) is 0 Å². The highest BCUT2D eigenvalue weighted by Gasteiger charge is 2.12. The van der Waals surface area contributed by atoms with Gasteiger partial charge in [0, 0.05) is 5.56 Å². The summed E-state index contributed by atoms with van der Waals surface area (Å²) >= 11 is 5.15. The Morgan fingerprint density at radius 3 is 2.45 bits per heavy atom. The summed E-state index contributed by atoms with van der Waals surface area (Å²) in [5, 5.41) is 10.7. The van der Waals surface area contributed by atoms with Crippen LogP contribution in [0.25, 0.3) is 6.08 Å². The lowest BCUT2D eigenvalue weighted by Gasteiger charge is -2.12. The van der Waals surface area contributed by atoms with E-state index in [-0.39, 0.29) is 0 Å². The molecule has 1 unspecified atom stereocenters. The average molecular weight is 284 g/mol. The van der Waals surface area contributed by atoms with Crippen LogP contribution in [0.15, 0.2) is 60.7 Å². The summed E-state index contributed by atoms with van der Waals surface area (Å²) < 4.78 is 5.09. The molecule has 0 radical (unpaired) electrons. The Labute approximate surface area is 124 Å². The molecule has 102 valence electrons. The lowest BCUT2D eigenvalue weighted by atomic mass is 10.0. The Balaban J connectivity index is 2.23. The quantitative estimate of drug-likeness (QED) is 0.867. The first-order valence-electron chi connectivity index (χ1n) is 6.31. The summed E-state index contributed by atoms with van der Waals surface area (Å²) in [6.07, 6.45) is 2.91. The van der Waals surface area contributed by atoms with Gasteiger partial charge in [-0.15, -0.1) is 0 Å². The Morgan fingerprint density at radius 2 is 1.75 bits per heavy atom. The monoisotopic (exact) mass is 284 g/mol. The van der Waals surface area contributed by atoms with Crippen molar-refractivity contribution in [3.8, 4) is 0 Å². The Morgan fingerprint density at radius 1 is 1.10 bits per heavy atom. The van der Waals surface area contributed by atoms with Crippen LogP contribution in [-0.2, 0) is 4.74 Å². The number of methoxy groups -OCH3 is 1. The first-order chi connectivity index (χ1) is 9.72. The van der Waals surface area contributed by atoms with E-state index >= 15 is 0 Å². The predicted octanol–water partition coefficient (Wildman–Crippen LogP) is 3.76. The lowest BCUT2D eigenvalue weighted by molar-refractivity contribution is 0.229. The van der Waals surface area contributed by atoms with Gasteiger partial charge in [-0.3, -0.25) is 0 Å². The maximum atomic E-state index is 10.3. The molecule has 2 aromatic carbocycles. The molecule has 2 aromatic rings. The summed E-state index contributed by atoms with van der Waals surface area (Å²) in [6.45, 7) is 0. The van der Waals surface area contributed by atoms with Gasteiger partial charge >= 0.3 is 0 Å². The molecule has 2 nitrogen and oxygen atoms in total. The van der Waals surface area contributed by atoms with Gasteiger partial charge in [-0.1, -0.05) is 60.7 Å². The molecule has 1 N–H and O–H groups in total. The lowest BCUT2D eigenvalue weighted by Crippen LogP contribution is -2.06. The van der Waals surface area contributed by atoms with Crippen LogP contribution in [0.3, 0.4) is 0 Å². The van der Waals surface area contributed by atoms with Crippen molar-refractivity contribution in [2.45, 2.75) is 6.10 Å². The number of thiocarbonyl (C=S) groups is 1. The second kappa shape index (κ2) is 6.98. The van der Waals surface area contributed by atoms with E-state index in [4.69, 9.17) is 17.0 Å². The maximum Gasteiger partial charge on any atom is 0.191 e. The van der Waals surface area contributed by atoms with Crippen LogP contribution in [0, 0.1) is 0 Å². The molecule has 3 heteroatoms. The molecule has 0 saturated carbocycles. The van der Waals surface area contributed by atoms with E-state index in [0.717, 1.165) is 16.7 Å². The third-order valence-corrected chi connectivity index (χ3v) is 3.34. The fourth-order valence-corrected chi connectivity index (χ4v) is 2.11. The van der Waals surface area contributed by atoms with Gasteiger partial charge in [-0.25, -0.2) is 0 Å². The SMILES string of the molecule is COC(=S)c1ccccc1C(O)/C=C/c1ccccc1. The molecule has 0 aromatic heterocycles. The van der Waals surface area contributed by atoms with Crippen LogP contribution in [-0.4, -0.2) is 17.3 Å². The molecule has 20 heavy (non-hydrogen) atoms. The molecule has 0 heterocycles. The van der Waals surface area contributed by atoms with Crippen molar-refractivity contribution in [3.63, 3.8) is 0 Å². The Bertz CT molecular complexity index is 605. The molecular weight excluding hydrogens is 268 g/mol. The van der Waals surface area contributed by atoms with Crippen LogP contribution in [0.2, 0.25) is 0 Å². The molecule has 2 rings (SSSR count). The molecule has 0 amide bonds. The molecule has 0 aliphatic heterocycles. The topological polar surface area (TPSA) is 29.5 Å². The minimum atomic E-state index is -0.723. The molecule has 0 fully saturated rings. The maximum absolute atomic E-state index is 10.3. The summed E-state index contributed by atoms with van der Waals surface area (Å²) in [7, 11) is 1.53. The van der Waals surface area contributed by atoms with E-state index in [1.54, 1.807) is 6.08 Å². The molecule has 0 saturated heterocycles. The summed E-state index contributed by atoms with van der Waals surface area (Å²) in [5.41, 5.74) is 2.53. The number of rotatable bonds is 4. The van der Waals surface area contributed by atoms with E-state index in [1.807, 2.05) is 60.7 Å². The Kier molecular flexibility index (Phi) is 5.04. The smallest absolute Gasteiger partial charge is 0.191 e. The third kappa shape index (κ3) is 3.53. The van der Waals surface area contributed by atoms with E-state index in [0.29, 0.717) is 5.05 Å². The number of aliphatic hydroxyl groups is 1. The van der Waals surface area contributed by atoms with E-state index in [2.05, 4.69) is 0 Å². The first-order valence-corrected chi connectivity index (χ1v) is 6.71.